The first kappa shape index (κ1) is 22.6. The third-order valence-electron chi connectivity index (χ3n) is 3.28. The zero-order valence-corrected chi connectivity index (χ0v) is 12.0. The van der Waals surface area contributed by atoms with Crippen LogP contribution in [0.2, 0.25) is 0 Å². The van der Waals surface area contributed by atoms with E-state index < -0.39 is 60.7 Å². The summed E-state index contributed by atoms with van der Waals surface area (Å²) in [6.45, 7) is 0. The van der Waals surface area contributed by atoms with E-state index >= 15 is 0 Å². The molecule has 0 saturated carbocycles. The zero-order chi connectivity index (χ0) is 19.2. The Morgan fingerprint density at radius 3 is 1.33 bits per heavy atom. The molecule has 0 amide bonds. The minimum atomic E-state index is -2.48. The van der Waals surface area contributed by atoms with Crippen molar-refractivity contribution < 1.29 is 60.3 Å². The van der Waals surface area contributed by atoms with Gasteiger partial charge in [-0.1, -0.05) is 0 Å². The summed E-state index contributed by atoms with van der Waals surface area (Å²) in [6.07, 6.45) is -21.0. The minimum Gasteiger partial charge on any atom is -0.387 e. The van der Waals surface area contributed by atoms with Gasteiger partial charge >= 0.3 is 0 Å². The van der Waals surface area contributed by atoms with Gasteiger partial charge < -0.3 is 50.8 Å². The molecule has 0 aromatic rings. The van der Waals surface area contributed by atoms with E-state index in [1.54, 1.807) is 0 Å². The molecule has 0 spiro atoms. The first-order chi connectivity index (χ1) is 11.0. The van der Waals surface area contributed by atoms with Gasteiger partial charge in [0.15, 0.2) is 6.29 Å². The molecule has 0 aromatic heterocycles. The maximum absolute atomic E-state index is 10.8. The number of carbonyl (C=O) groups excluding carboxylic acids is 3. The lowest BCUT2D eigenvalue weighted by Gasteiger charge is -2.33. The maximum Gasteiger partial charge on any atom is 0.275 e. The van der Waals surface area contributed by atoms with Crippen molar-refractivity contribution in [2.24, 2.45) is 0 Å². The van der Waals surface area contributed by atoms with E-state index in [0.29, 0.717) is 6.29 Å². The molecular weight excluding hydrogens is 336 g/mol. The van der Waals surface area contributed by atoms with Gasteiger partial charge in [0, 0.05) is 0 Å². The molecule has 0 aliphatic heterocycles. The lowest BCUT2D eigenvalue weighted by atomic mass is 9.91. The van der Waals surface area contributed by atoms with E-state index in [2.05, 4.69) is 0 Å². The Labute approximate surface area is 134 Å². The Morgan fingerprint density at radius 1 is 0.667 bits per heavy atom. The van der Waals surface area contributed by atoms with Gasteiger partial charge in [-0.25, -0.2) is 0 Å². The summed E-state index contributed by atoms with van der Waals surface area (Å²) in [5.41, 5.74) is 0. The third kappa shape index (κ3) is 5.34. The van der Waals surface area contributed by atoms with Crippen molar-refractivity contribution in [3.05, 3.63) is 0 Å². The number of ketones is 1. The molecular formula is C12H19O12. The molecule has 0 aliphatic rings. The van der Waals surface area contributed by atoms with Crippen LogP contribution >= 0.6 is 0 Å². The quantitative estimate of drug-likeness (QED) is 0.124. The van der Waals surface area contributed by atoms with Crippen molar-refractivity contribution in [1.29, 1.82) is 0 Å². The van der Waals surface area contributed by atoms with Gasteiger partial charge in [-0.2, -0.15) is 0 Å². The van der Waals surface area contributed by atoms with E-state index in [4.69, 9.17) is 5.11 Å². The fourth-order valence-corrected chi connectivity index (χ4v) is 1.69. The lowest BCUT2D eigenvalue weighted by molar-refractivity contribution is -0.184. The molecule has 1 radical (unpaired) electrons. The summed E-state index contributed by atoms with van der Waals surface area (Å²) < 4.78 is 0. The fourth-order valence-electron chi connectivity index (χ4n) is 1.69. The average Bonchev–Trinajstić information content (AvgIpc) is 2.61. The van der Waals surface area contributed by atoms with Gasteiger partial charge in [-0.3, -0.25) is 9.59 Å². The van der Waals surface area contributed by atoms with E-state index in [1.165, 1.54) is 0 Å². The lowest BCUT2D eigenvalue weighted by Crippen LogP contribution is -2.58. The van der Waals surface area contributed by atoms with E-state index in [-0.39, 0.29) is 6.29 Å². The monoisotopic (exact) mass is 355 g/mol. The molecule has 9 atom stereocenters. The first-order valence-electron chi connectivity index (χ1n) is 6.51. The number of carbonyl (C=O) groups is 2. The van der Waals surface area contributed by atoms with E-state index in [9.17, 15) is 55.2 Å². The van der Waals surface area contributed by atoms with Gasteiger partial charge in [-0.15, -0.1) is 0 Å². The standard InChI is InChI=1S/C12H19O12/c13-1-3(15)5(17)7(19)9(21)11(23)12(24)10(22)8(20)6(18)4(16)2-14/h1,3,5-12,15,17-24H. The van der Waals surface area contributed by atoms with Crippen molar-refractivity contribution >= 4 is 18.4 Å². The smallest absolute Gasteiger partial charge is 0.275 e. The van der Waals surface area contributed by atoms with Crippen LogP contribution in [0.15, 0.2) is 0 Å². The molecule has 9 N–H and O–H groups in total. The second-order valence-corrected chi connectivity index (χ2v) is 4.97. The van der Waals surface area contributed by atoms with Crippen LogP contribution in [0.25, 0.3) is 0 Å². The Kier molecular flexibility index (Phi) is 9.27. The van der Waals surface area contributed by atoms with Crippen molar-refractivity contribution in [3.63, 3.8) is 0 Å². The number of aliphatic hydroxyl groups is 9. The van der Waals surface area contributed by atoms with Crippen LogP contribution in [0, 0.1) is 0 Å². The SMILES string of the molecule is O=[C]C(=O)C(O)C(O)C(O)C(O)C(O)C(O)C(O)C(O)C(O)C=O. The molecule has 12 nitrogen and oxygen atoms in total. The highest BCUT2D eigenvalue weighted by Gasteiger charge is 2.43. The Hall–Kier alpha value is -1.35. The fraction of sp³-hybridized carbons (Fsp3) is 0.750. The summed E-state index contributed by atoms with van der Waals surface area (Å²) in [5.74, 6) is -1.66. The van der Waals surface area contributed by atoms with Crippen molar-refractivity contribution in [2.75, 3.05) is 0 Å². The molecule has 24 heavy (non-hydrogen) atoms. The van der Waals surface area contributed by atoms with Crippen molar-refractivity contribution in [1.82, 2.24) is 0 Å². The predicted molar refractivity (Wildman–Crippen MR) is 70.8 cm³/mol. The van der Waals surface area contributed by atoms with E-state index in [0.717, 1.165) is 0 Å². The molecule has 0 bridgehead atoms. The van der Waals surface area contributed by atoms with Crippen LogP contribution in [0.1, 0.15) is 0 Å². The number of aliphatic hydroxyl groups excluding tert-OH is 9. The molecule has 0 fully saturated rings. The van der Waals surface area contributed by atoms with Crippen LogP contribution in [0.5, 0.6) is 0 Å². The summed E-state index contributed by atoms with van der Waals surface area (Å²) in [6, 6.07) is 0. The Morgan fingerprint density at radius 2 is 1.00 bits per heavy atom. The molecule has 0 heterocycles. The molecule has 0 aromatic carbocycles. The van der Waals surface area contributed by atoms with Gasteiger partial charge in [0.1, 0.15) is 54.9 Å². The highest BCUT2D eigenvalue weighted by molar-refractivity contribution is 6.27. The van der Waals surface area contributed by atoms with Crippen molar-refractivity contribution in [3.8, 4) is 0 Å². The van der Waals surface area contributed by atoms with Crippen LogP contribution in [-0.2, 0) is 14.4 Å². The van der Waals surface area contributed by atoms with Crippen molar-refractivity contribution in [2.45, 2.75) is 54.9 Å². The molecule has 12 heteroatoms. The molecule has 139 valence electrons. The number of Topliss-reactive ketones (excluding diaryl/α,β-unsaturated/α-hetero) is 1. The molecule has 0 saturated heterocycles. The largest absolute Gasteiger partial charge is 0.387 e. The normalized spacial score (nSPS) is 23.0. The first-order valence-corrected chi connectivity index (χ1v) is 6.51. The number of rotatable bonds is 11. The van der Waals surface area contributed by atoms with Gasteiger partial charge in [0.2, 0.25) is 5.78 Å². The highest BCUT2D eigenvalue weighted by Crippen LogP contribution is 2.15. The van der Waals surface area contributed by atoms with Gasteiger partial charge in [0.25, 0.3) is 6.29 Å². The van der Waals surface area contributed by atoms with Crippen LogP contribution in [-0.4, -0.2) is 119 Å². The van der Waals surface area contributed by atoms with Gasteiger partial charge in [0.05, 0.1) is 0 Å². The topological polar surface area (TPSA) is 233 Å². The molecule has 0 aliphatic carbocycles. The molecule has 9 unspecified atom stereocenters. The summed E-state index contributed by atoms with van der Waals surface area (Å²) in [7, 11) is 0. The van der Waals surface area contributed by atoms with Crippen LogP contribution in [0.3, 0.4) is 0 Å². The number of hydrogen-bond acceptors (Lipinski definition) is 12. The summed E-state index contributed by atoms with van der Waals surface area (Å²) in [5, 5.41) is 84.7. The van der Waals surface area contributed by atoms with Gasteiger partial charge in [-0.05, 0) is 0 Å². The Balaban J connectivity index is 5.01. The highest BCUT2D eigenvalue weighted by atomic mass is 16.4. The third-order valence-corrected chi connectivity index (χ3v) is 3.28. The van der Waals surface area contributed by atoms with Crippen LogP contribution < -0.4 is 0 Å². The number of hydrogen-bond donors (Lipinski definition) is 9. The second-order valence-electron chi connectivity index (χ2n) is 4.97. The number of aldehydes is 1. The molecule has 0 rings (SSSR count). The Bertz CT molecular complexity index is 428. The van der Waals surface area contributed by atoms with Crippen LogP contribution in [0.4, 0.5) is 0 Å². The maximum atomic E-state index is 10.8. The second kappa shape index (κ2) is 9.83. The predicted octanol–water partition coefficient (Wildman–Crippen LogP) is -6.89. The zero-order valence-electron chi connectivity index (χ0n) is 12.0. The summed E-state index contributed by atoms with van der Waals surface area (Å²) >= 11 is 0. The average molecular weight is 355 g/mol. The minimum absolute atomic E-state index is 0.181. The summed E-state index contributed by atoms with van der Waals surface area (Å²) in [4.78, 5) is 31.1. The van der Waals surface area contributed by atoms with E-state index in [1.807, 2.05) is 0 Å².